The van der Waals surface area contributed by atoms with Gasteiger partial charge in [-0.3, -0.25) is 0 Å². The fraction of sp³-hybridized carbons (Fsp3) is 0.333. The first kappa shape index (κ1) is 11.1. The summed E-state index contributed by atoms with van der Waals surface area (Å²) in [5, 5.41) is 0. The van der Waals surface area contributed by atoms with Crippen LogP contribution in [-0.2, 0) is 0 Å². The summed E-state index contributed by atoms with van der Waals surface area (Å²) >= 11 is 0. The van der Waals surface area contributed by atoms with E-state index >= 15 is 0 Å². The molecule has 0 aliphatic carbocycles. The Kier molecular flexibility index (Phi) is 3.53. The van der Waals surface area contributed by atoms with Crippen molar-refractivity contribution in [3.63, 3.8) is 0 Å². The van der Waals surface area contributed by atoms with E-state index in [2.05, 4.69) is 26.2 Å². The molecule has 14 heavy (non-hydrogen) atoms. The molecule has 0 radical (unpaired) electrons. The van der Waals surface area contributed by atoms with Gasteiger partial charge >= 0.3 is 0 Å². The van der Waals surface area contributed by atoms with Crippen LogP contribution < -0.4 is 4.74 Å². The van der Waals surface area contributed by atoms with Crippen LogP contribution in [0.1, 0.15) is 5.56 Å². The maximum atomic E-state index is 5.73. The van der Waals surface area contributed by atoms with Gasteiger partial charge in [0.25, 0.3) is 0 Å². The minimum absolute atomic E-state index is 0.869. The van der Waals surface area contributed by atoms with Crippen LogP contribution in [0.5, 0.6) is 5.75 Å². The van der Waals surface area contributed by atoms with Crippen LogP contribution in [0.2, 0.25) is 19.6 Å². The molecule has 1 nitrogen and oxygen atoms in total. The molecule has 76 valence electrons. The Hall–Kier alpha value is -1.02. The second-order valence-corrected chi connectivity index (χ2v) is 10.0. The smallest absolute Gasteiger partial charge is 0.119 e. The molecule has 0 N–H and O–H groups in total. The number of hydrogen-bond donors (Lipinski definition) is 0. The standard InChI is InChI=1S/C12H18OSi/c1-5-11-7-6-8-12(9-11)13-10-14(2,3)4/h5-9H,1,10H2,2-4H3. The molecule has 0 saturated carbocycles. The quantitative estimate of drug-likeness (QED) is 0.684. The molecule has 2 heteroatoms. The summed E-state index contributed by atoms with van der Waals surface area (Å²) in [4.78, 5) is 0. The van der Waals surface area contributed by atoms with Gasteiger partial charge in [-0.25, -0.2) is 0 Å². The van der Waals surface area contributed by atoms with E-state index in [9.17, 15) is 0 Å². The largest absolute Gasteiger partial charge is 0.497 e. The van der Waals surface area contributed by atoms with Crippen molar-refractivity contribution >= 4 is 14.1 Å². The van der Waals surface area contributed by atoms with E-state index in [-0.39, 0.29) is 0 Å². The van der Waals surface area contributed by atoms with Gasteiger partial charge in [0, 0.05) is 0 Å². The van der Waals surface area contributed by atoms with E-state index in [0.717, 1.165) is 17.5 Å². The lowest BCUT2D eigenvalue weighted by Crippen LogP contribution is -2.29. The van der Waals surface area contributed by atoms with Gasteiger partial charge in [-0.05, 0) is 17.7 Å². The monoisotopic (exact) mass is 206 g/mol. The minimum atomic E-state index is -1.12. The molecule has 0 aromatic heterocycles. The summed E-state index contributed by atoms with van der Waals surface area (Å²) in [5.41, 5.74) is 1.11. The zero-order valence-electron chi connectivity index (χ0n) is 9.21. The van der Waals surface area contributed by atoms with Crippen molar-refractivity contribution in [1.29, 1.82) is 0 Å². The molecule has 0 unspecified atom stereocenters. The van der Waals surface area contributed by atoms with Crippen molar-refractivity contribution in [2.75, 3.05) is 6.23 Å². The zero-order chi connectivity index (χ0) is 10.6. The predicted molar refractivity (Wildman–Crippen MR) is 65.4 cm³/mol. The summed E-state index contributed by atoms with van der Waals surface area (Å²) in [6.45, 7) is 10.6. The summed E-state index contributed by atoms with van der Waals surface area (Å²) in [6.07, 6.45) is 2.70. The van der Waals surface area contributed by atoms with Gasteiger partial charge < -0.3 is 4.74 Å². The lowest BCUT2D eigenvalue weighted by atomic mass is 10.2. The van der Waals surface area contributed by atoms with Crippen molar-refractivity contribution in [1.82, 2.24) is 0 Å². The van der Waals surface area contributed by atoms with E-state index in [1.54, 1.807) is 0 Å². The Morgan fingerprint density at radius 1 is 1.36 bits per heavy atom. The maximum absolute atomic E-state index is 5.73. The summed E-state index contributed by atoms with van der Waals surface area (Å²) in [6, 6.07) is 8.03. The van der Waals surface area contributed by atoms with Crippen molar-refractivity contribution in [2.24, 2.45) is 0 Å². The summed E-state index contributed by atoms with van der Waals surface area (Å²) < 4.78 is 5.73. The highest BCUT2D eigenvalue weighted by Gasteiger charge is 2.13. The number of benzene rings is 1. The van der Waals surface area contributed by atoms with Gasteiger partial charge in [-0.15, -0.1) is 0 Å². The lowest BCUT2D eigenvalue weighted by molar-refractivity contribution is 0.378. The second kappa shape index (κ2) is 4.47. The van der Waals surface area contributed by atoms with Crippen LogP contribution in [0, 0.1) is 0 Å². The van der Waals surface area contributed by atoms with Gasteiger partial charge in [-0.2, -0.15) is 0 Å². The first-order valence-corrected chi connectivity index (χ1v) is 8.57. The van der Waals surface area contributed by atoms with E-state index in [0.29, 0.717) is 0 Å². The van der Waals surface area contributed by atoms with E-state index in [1.807, 2.05) is 30.3 Å². The van der Waals surface area contributed by atoms with Crippen LogP contribution in [0.3, 0.4) is 0 Å². The van der Waals surface area contributed by atoms with Crippen LogP contribution in [0.25, 0.3) is 6.08 Å². The van der Waals surface area contributed by atoms with Gasteiger partial charge in [0.15, 0.2) is 0 Å². The number of rotatable bonds is 4. The Morgan fingerprint density at radius 2 is 2.07 bits per heavy atom. The van der Waals surface area contributed by atoms with Crippen LogP contribution in [0.15, 0.2) is 30.8 Å². The second-order valence-electron chi connectivity index (χ2n) is 4.63. The average Bonchev–Trinajstić information content (AvgIpc) is 2.14. The highest BCUT2D eigenvalue weighted by molar-refractivity contribution is 6.76. The molecule has 1 aromatic carbocycles. The fourth-order valence-electron chi connectivity index (χ4n) is 1.03. The van der Waals surface area contributed by atoms with Crippen LogP contribution in [0.4, 0.5) is 0 Å². The Morgan fingerprint density at radius 3 is 2.64 bits per heavy atom. The third-order valence-electron chi connectivity index (χ3n) is 1.77. The normalized spacial score (nSPS) is 11.1. The molecule has 0 saturated heterocycles. The highest BCUT2D eigenvalue weighted by atomic mass is 28.3. The topological polar surface area (TPSA) is 9.23 Å². The third kappa shape index (κ3) is 3.79. The molecule has 0 heterocycles. The molecule has 0 bridgehead atoms. The molecular weight excluding hydrogens is 188 g/mol. The van der Waals surface area contributed by atoms with Crippen molar-refractivity contribution in [3.05, 3.63) is 36.4 Å². The molecule has 0 amide bonds. The lowest BCUT2D eigenvalue weighted by Gasteiger charge is -2.16. The first-order valence-electron chi connectivity index (χ1n) is 4.86. The maximum Gasteiger partial charge on any atom is 0.119 e. The van der Waals surface area contributed by atoms with E-state index in [4.69, 9.17) is 4.74 Å². The van der Waals surface area contributed by atoms with Gasteiger partial charge in [0.1, 0.15) is 5.75 Å². The zero-order valence-corrected chi connectivity index (χ0v) is 10.2. The third-order valence-corrected chi connectivity index (χ3v) is 2.78. The fourth-order valence-corrected chi connectivity index (χ4v) is 1.63. The molecule has 1 aromatic rings. The minimum Gasteiger partial charge on any atom is -0.497 e. The van der Waals surface area contributed by atoms with Crippen molar-refractivity contribution < 1.29 is 4.74 Å². The number of hydrogen-bond acceptors (Lipinski definition) is 1. The van der Waals surface area contributed by atoms with Gasteiger partial charge in [0.2, 0.25) is 0 Å². The highest BCUT2D eigenvalue weighted by Crippen LogP contribution is 2.15. The molecule has 0 atom stereocenters. The van der Waals surface area contributed by atoms with E-state index < -0.39 is 8.07 Å². The molecule has 0 aliphatic rings. The van der Waals surface area contributed by atoms with Crippen molar-refractivity contribution in [2.45, 2.75) is 19.6 Å². The average molecular weight is 206 g/mol. The van der Waals surface area contributed by atoms with Gasteiger partial charge in [0.05, 0.1) is 14.3 Å². The number of ether oxygens (including phenoxy) is 1. The van der Waals surface area contributed by atoms with Gasteiger partial charge in [-0.1, -0.05) is 44.4 Å². The molecule has 1 rings (SSSR count). The van der Waals surface area contributed by atoms with Crippen LogP contribution in [-0.4, -0.2) is 14.3 Å². The molecule has 0 fully saturated rings. The Bertz CT molecular complexity index is 312. The summed E-state index contributed by atoms with van der Waals surface area (Å²) in [5.74, 6) is 0.949. The van der Waals surface area contributed by atoms with E-state index in [1.165, 1.54) is 0 Å². The predicted octanol–water partition coefficient (Wildman–Crippen LogP) is 3.59. The molecule has 0 spiro atoms. The van der Waals surface area contributed by atoms with Crippen molar-refractivity contribution in [3.8, 4) is 5.75 Å². The summed E-state index contributed by atoms with van der Waals surface area (Å²) in [7, 11) is -1.12. The SMILES string of the molecule is C=Cc1cccc(OC[Si](C)(C)C)c1. The molecule has 0 aliphatic heterocycles. The van der Waals surface area contributed by atoms with Crippen LogP contribution >= 0.6 is 0 Å². The molecular formula is C12H18OSi. The Labute approximate surface area is 87.4 Å². The Balaban J connectivity index is 2.63. The first-order chi connectivity index (χ1) is 6.51.